The van der Waals surface area contributed by atoms with Gasteiger partial charge in [0.15, 0.2) is 0 Å². The third-order valence-corrected chi connectivity index (χ3v) is 6.69. The molecule has 24 heavy (non-hydrogen) atoms. The molecule has 0 radical (unpaired) electrons. The molecule has 134 valence electrons. The molecular weight excluding hydrogens is 366 g/mol. The van der Waals surface area contributed by atoms with Crippen molar-refractivity contribution in [3.8, 4) is 10.6 Å². The predicted octanol–water partition coefficient (Wildman–Crippen LogP) is 3.34. The van der Waals surface area contributed by atoms with Gasteiger partial charge in [0.2, 0.25) is 10.0 Å². The van der Waals surface area contributed by atoms with E-state index >= 15 is 0 Å². The van der Waals surface area contributed by atoms with E-state index in [-0.39, 0.29) is 23.8 Å². The van der Waals surface area contributed by atoms with Gasteiger partial charge < -0.3 is 5.73 Å². The second-order valence-corrected chi connectivity index (χ2v) is 8.16. The van der Waals surface area contributed by atoms with Crippen LogP contribution in [-0.4, -0.2) is 25.5 Å². The van der Waals surface area contributed by atoms with Crippen LogP contribution in [0.15, 0.2) is 34.5 Å². The number of aromatic nitrogens is 1. The van der Waals surface area contributed by atoms with Crippen LogP contribution >= 0.6 is 23.7 Å². The lowest BCUT2D eigenvalue weighted by Crippen LogP contribution is -2.52. The molecular formula is C16H24ClN3O2S2. The van der Waals surface area contributed by atoms with Gasteiger partial charge in [-0.2, -0.15) is 0 Å². The Kier molecular flexibility index (Phi) is 7.37. The number of hydrogen-bond donors (Lipinski definition) is 2. The summed E-state index contributed by atoms with van der Waals surface area (Å²) in [6.45, 7) is 6.06. The molecule has 0 fully saturated rings. The summed E-state index contributed by atoms with van der Waals surface area (Å²) >= 11 is 1.50. The maximum atomic E-state index is 12.7. The normalized spacial score (nSPS) is 12.0. The largest absolute Gasteiger partial charge is 0.329 e. The second kappa shape index (κ2) is 8.40. The minimum atomic E-state index is -3.63. The highest BCUT2D eigenvalue weighted by atomic mass is 35.5. The molecule has 1 aromatic carbocycles. The molecule has 0 unspecified atom stereocenters. The van der Waals surface area contributed by atoms with Crippen LogP contribution in [0.5, 0.6) is 0 Å². The third kappa shape index (κ3) is 4.55. The van der Waals surface area contributed by atoms with Gasteiger partial charge in [-0.3, -0.25) is 0 Å². The fourth-order valence-corrected chi connectivity index (χ4v) is 4.75. The van der Waals surface area contributed by atoms with Crippen molar-refractivity contribution in [1.82, 2.24) is 9.71 Å². The number of halogens is 1. The Hall–Kier alpha value is -0.990. The van der Waals surface area contributed by atoms with E-state index in [0.717, 1.165) is 16.3 Å². The molecule has 0 saturated heterocycles. The lowest BCUT2D eigenvalue weighted by atomic mass is 9.95. The lowest BCUT2D eigenvalue weighted by molar-refractivity contribution is 0.363. The fraction of sp³-hybridized carbons (Fsp3) is 0.438. The molecule has 2 aromatic rings. The van der Waals surface area contributed by atoms with Crippen LogP contribution < -0.4 is 10.5 Å². The van der Waals surface area contributed by atoms with E-state index in [1.165, 1.54) is 11.3 Å². The quantitative estimate of drug-likeness (QED) is 0.760. The van der Waals surface area contributed by atoms with Crippen LogP contribution in [0.25, 0.3) is 10.6 Å². The number of thiazole rings is 1. The van der Waals surface area contributed by atoms with Crippen molar-refractivity contribution in [1.29, 1.82) is 0 Å². The van der Waals surface area contributed by atoms with Gasteiger partial charge in [0.25, 0.3) is 0 Å². The van der Waals surface area contributed by atoms with E-state index < -0.39 is 15.6 Å². The van der Waals surface area contributed by atoms with Crippen molar-refractivity contribution in [2.75, 3.05) is 6.54 Å². The molecule has 0 aliphatic carbocycles. The first-order valence-corrected chi connectivity index (χ1v) is 9.98. The van der Waals surface area contributed by atoms with Crippen molar-refractivity contribution in [2.24, 2.45) is 5.73 Å². The minimum absolute atomic E-state index is 0. The number of benzene rings is 1. The van der Waals surface area contributed by atoms with Gasteiger partial charge in [-0.25, -0.2) is 18.1 Å². The molecule has 0 bridgehead atoms. The molecule has 0 amide bonds. The Morgan fingerprint density at radius 2 is 1.96 bits per heavy atom. The first-order chi connectivity index (χ1) is 10.9. The van der Waals surface area contributed by atoms with Crippen LogP contribution in [-0.2, 0) is 10.0 Å². The standard InChI is InChI=1S/C16H23N3O2S2.ClH/c1-4-16(5-2,11-17)19-23(20,21)14-8-6-7-13(9-14)15-18-12(3)10-22-15;/h6-10,19H,4-5,11,17H2,1-3H3;1H. The van der Waals surface area contributed by atoms with E-state index in [1.807, 2.05) is 32.2 Å². The molecule has 3 N–H and O–H groups in total. The topological polar surface area (TPSA) is 85.1 Å². The molecule has 8 heteroatoms. The molecule has 0 spiro atoms. The van der Waals surface area contributed by atoms with Crippen molar-refractivity contribution < 1.29 is 8.42 Å². The first-order valence-electron chi connectivity index (χ1n) is 7.62. The number of sulfonamides is 1. The average Bonchev–Trinajstić information content (AvgIpc) is 2.99. The summed E-state index contributed by atoms with van der Waals surface area (Å²) in [5, 5.41) is 2.76. The Bertz CT molecular complexity index is 763. The first kappa shape index (κ1) is 21.1. The SMILES string of the molecule is CCC(CC)(CN)NS(=O)(=O)c1cccc(-c2nc(C)cs2)c1.Cl. The van der Waals surface area contributed by atoms with E-state index in [9.17, 15) is 8.42 Å². The lowest BCUT2D eigenvalue weighted by Gasteiger charge is -2.31. The molecule has 5 nitrogen and oxygen atoms in total. The van der Waals surface area contributed by atoms with Gasteiger partial charge in [-0.05, 0) is 31.9 Å². The van der Waals surface area contributed by atoms with Gasteiger partial charge >= 0.3 is 0 Å². The number of aryl methyl sites for hydroxylation is 1. The highest BCUT2D eigenvalue weighted by Crippen LogP contribution is 2.26. The number of nitrogens with one attached hydrogen (secondary N) is 1. The molecule has 0 saturated carbocycles. The van der Waals surface area contributed by atoms with Gasteiger partial charge in [-0.1, -0.05) is 26.0 Å². The molecule has 1 heterocycles. The van der Waals surface area contributed by atoms with Crippen LogP contribution in [0.4, 0.5) is 0 Å². The Morgan fingerprint density at radius 1 is 1.29 bits per heavy atom. The summed E-state index contributed by atoms with van der Waals surface area (Å²) in [5.74, 6) is 0. The van der Waals surface area contributed by atoms with Gasteiger partial charge in [0.1, 0.15) is 5.01 Å². The monoisotopic (exact) mass is 389 g/mol. The Labute approximate surface area is 154 Å². The van der Waals surface area contributed by atoms with Crippen molar-refractivity contribution >= 4 is 33.8 Å². The molecule has 0 aliphatic heterocycles. The van der Waals surface area contributed by atoms with Crippen LogP contribution in [0.2, 0.25) is 0 Å². The van der Waals surface area contributed by atoms with Crippen LogP contribution in [0.1, 0.15) is 32.4 Å². The second-order valence-electron chi connectivity index (χ2n) is 5.62. The third-order valence-electron chi connectivity index (χ3n) is 4.11. The maximum Gasteiger partial charge on any atom is 0.241 e. The fourth-order valence-electron chi connectivity index (χ4n) is 2.35. The van der Waals surface area contributed by atoms with E-state index in [2.05, 4.69) is 9.71 Å². The van der Waals surface area contributed by atoms with E-state index in [0.29, 0.717) is 12.8 Å². The summed E-state index contributed by atoms with van der Waals surface area (Å²) in [6, 6.07) is 6.86. The van der Waals surface area contributed by atoms with E-state index in [4.69, 9.17) is 5.73 Å². The number of nitrogens with zero attached hydrogens (tertiary/aromatic N) is 1. The molecule has 1 aromatic heterocycles. The zero-order chi connectivity index (χ0) is 17.1. The summed E-state index contributed by atoms with van der Waals surface area (Å²) in [7, 11) is -3.63. The Morgan fingerprint density at radius 3 is 2.46 bits per heavy atom. The highest BCUT2D eigenvalue weighted by molar-refractivity contribution is 7.89. The maximum absolute atomic E-state index is 12.7. The summed E-state index contributed by atoms with van der Waals surface area (Å²) in [5.41, 5.74) is 6.93. The number of nitrogens with two attached hydrogens (primary N) is 1. The highest BCUT2D eigenvalue weighted by Gasteiger charge is 2.30. The molecule has 0 atom stereocenters. The van der Waals surface area contributed by atoms with Gasteiger partial charge in [0, 0.05) is 28.7 Å². The smallest absolute Gasteiger partial charge is 0.241 e. The molecule has 0 aliphatic rings. The van der Waals surface area contributed by atoms with E-state index in [1.54, 1.807) is 18.2 Å². The summed E-state index contributed by atoms with van der Waals surface area (Å²) in [4.78, 5) is 4.65. The minimum Gasteiger partial charge on any atom is -0.329 e. The number of rotatable bonds is 7. The average molecular weight is 390 g/mol. The summed E-state index contributed by atoms with van der Waals surface area (Å²) < 4.78 is 28.2. The summed E-state index contributed by atoms with van der Waals surface area (Å²) in [6.07, 6.45) is 1.29. The predicted molar refractivity (Wildman–Crippen MR) is 102 cm³/mol. The van der Waals surface area contributed by atoms with Gasteiger partial charge in [0.05, 0.1) is 4.90 Å². The Balaban J connectivity index is 0.00000288. The zero-order valence-corrected chi connectivity index (χ0v) is 16.5. The van der Waals surface area contributed by atoms with Gasteiger partial charge in [-0.15, -0.1) is 23.7 Å². The van der Waals surface area contributed by atoms with Crippen molar-refractivity contribution in [3.05, 3.63) is 35.3 Å². The number of hydrogen-bond acceptors (Lipinski definition) is 5. The molecule has 2 rings (SSSR count). The van der Waals surface area contributed by atoms with Crippen molar-refractivity contribution in [3.63, 3.8) is 0 Å². The van der Waals surface area contributed by atoms with Crippen LogP contribution in [0, 0.1) is 6.92 Å². The van der Waals surface area contributed by atoms with Crippen LogP contribution in [0.3, 0.4) is 0 Å². The van der Waals surface area contributed by atoms with Crippen molar-refractivity contribution in [2.45, 2.75) is 44.0 Å². The zero-order valence-electron chi connectivity index (χ0n) is 14.1.